The first-order valence-electron chi connectivity index (χ1n) is 6.40. The van der Waals surface area contributed by atoms with Crippen molar-refractivity contribution in [1.29, 1.82) is 0 Å². The number of hydrogen-bond acceptors (Lipinski definition) is 4. The summed E-state index contributed by atoms with van der Waals surface area (Å²) in [5.74, 6) is 0.822. The van der Waals surface area contributed by atoms with Crippen LogP contribution >= 0.6 is 0 Å². The lowest BCUT2D eigenvalue weighted by Crippen LogP contribution is -2.44. The third kappa shape index (κ3) is 2.06. The molecule has 0 unspecified atom stereocenters. The molecular weight excluding hydrogens is 226 g/mol. The van der Waals surface area contributed by atoms with E-state index >= 15 is 0 Å². The molecule has 0 saturated carbocycles. The van der Waals surface area contributed by atoms with Crippen LogP contribution in [0.2, 0.25) is 0 Å². The molecule has 0 saturated heterocycles. The molecule has 0 fully saturated rings. The molecule has 0 spiro atoms. The summed E-state index contributed by atoms with van der Waals surface area (Å²) in [4.78, 5) is 8.81. The van der Waals surface area contributed by atoms with Crippen molar-refractivity contribution in [3.05, 3.63) is 18.6 Å². The lowest BCUT2D eigenvalue weighted by molar-refractivity contribution is 0.444. The predicted octanol–water partition coefficient (Wildman–Crippen LogP) is 1.90. The number of fused-ring (bicyclic) bond motifs is 1. The minimum atomic E-state index is -0.0984. The standard InChI is InChI=1S/C13H21N5/c1-4-13(5-2,8-14)17-12-11-10(6-7-15-12)18(3)9-16-11/h6-7,9H,4-5,8,14H2,1-3H3,(H,15,17). The van der Waals surface area contributed by atoms with Crippen LogP contribution in [0.4, 0.5) is 5.82 Å². The van der Waals surface area contributed by atoms with E-state index < -0.39 is 0 Å². The summed E-state index contributed by atoms with van der Waals surface area (Å²) in [5, 5.41) is 3.49. The van der Waals surface area contributed by atoms with Gasteiger partial charge in [-0.05, 0) is 18.9 Å². The Hall–Kier alpha value is -1.62. The summed E-state index contributed by atoms with van der Waals surface area (Å²) in [6, 6.07) is 1.97. The maximum absolute atomic E-state index is 5.91. The number of nitrogens with zero attached hydrogens (tertiary/aromatic N) is 3. The summed E-state index contributed by atoms with van der Waals surface area (Å²) in [5.41, 5.74) is 7.79. The maximum Gasteiger partial charge on any atom is 0.154 e. The molecule has 0 atom stereocenters. The zero-order chi connectivity index (χ0) is 13.2. The molecule has 0 bridgehead atoms. The van der Waals surface area contributed by atoms with Gasteiger partial charge >= 0.3 is 0 Å². The van der Waals surface area contributed by atoms with Crippen LogP contribution in [0, 0.1) is 0 Å². The minimum Gasteiger partial charge on any atom is -0.362 e. The Labute approximate surface area is 107 Å². The Morgan fingerprint density at radius 2 is 2.06 bits per heavy atom. The van der Waals surface area contributed by atoms with E-state index in [4.69, 9.17) is 5.73 Å². The normalized spacial score (nSPS) is 12.0. The molecular formula is C13H21N5. The Kier molecular flexibility index (Phi) is 3.52. The fourth-order valence-corrected chi connectivity index (χ4v) is 2.17. The van der Waals surface area contributed by atoms with Crippen molar-refractivity contribution >= 4 is 16.9 Å². The van der Waals surface area contributed by atoms with Gasteiger partial charge in [-0.1, -0.05) is 13.8 Å². The largest absolute Gasteiger partial charge is 0.362 e. The van der Waals surface area contributed by atoms with Gasteiger partial charge in [0.1, 0.15) is 5.52 Å². The Morgan fingerprint density at radius 1 is 1.33 bits per heavy atom. The molecule has 0 amide bonds. The molecule has 18 heavy (non-hydrogen) atoms. The number of anilines is 1. The summed E-state index contributed by atoms with van der Waals surface area (Å²) < 4.78 is 1.99. The Morgan fingerprint density at radius 3 is 2.67 bits per heavy atom. The minimum absolute atomic E-state index is 0.0984. The van der Waals surface area contributed by atoms with Crippen LogP contribution in [0.15, 0.2) is 18.6 Å². The molecule has 0 aliphatic rings. The van der Waals surface area contributed by atoms with Crippen molar-refractivity contribution in [3.63, 3.8) is 0 Å². The van der Waals surface area contributed by atoms with E-state index in [0.29, 0.717) is 6.54 Å². The van der Waals surface area contributed by atoms with Gasteiger partial charge in [0, 0.05) is 19.8 Å². The van der Waals surface area contributed by atoms with Crippen LogP contribution in [0.5, 0.6) is 0 Å². The smallest absolute Gasteiger partial charge is 0.154 e. The first-order chi connectivity index (χ1) is 8.65. The first kappa shape index (κ1) is 12.8. The quantitative estimate of drug-likeness (QED) is 0.846. The average Bonchev–Trinajstić information content (AvgIpc) is 2.79. The molecule has 0 aromatic carbocycles. The number of nitrogens with two attached hydrogens (primary N) is 1. The number of nitrogens with one attached hydrogen (secondary N) is 1. The van der Waals surface area contributed by atoms with Gasteiger partial charge in [0.25, 0.3) is 0 Å². The van der Waals surface area contributed by atoms with Crippen molar-refractivity contribution in [3.8, 4) is 0 Å². The summed E-state index contributed by atoms with van der Waals surface area (Å²) >= 11 is 0. The van der Waals surface area contributed by atoms with Gasteiger partial charge in [0.2, 0.25) is 0 Å². The third-order valence-electron chi connectivity index (χ3n) is 3.77. The number of pyridine rings is 1. The summed E-state index contributed by atoms with van der Waals surface area (Å²) in [6.45, 7) is 4.87. The first-order valence-corrected chi connectivity index (χ1v) is 6.40. The third-order valence-corrected chi connectivity index (χ3v) is 3.77. The van der Waals surface area contributed by atoms with Gasteiger partial charge in [-0.2, -0.15) is 0 Å². The molecule has 0 aliphatic heterocycles. The number of aryl methyl sites for hydroxylation is 1. The van der Waals surface area contributed by atoms with E-state index in [9.17, 15) is 0 Å². The Bertz CT molecular complexity index is 519. The molecule has 2 aromatic heterocycles. The van der Waals surface area contributed by atoms with Gasteiger partial charge in [0.15, 0.2) is 5.82 Å². The number of imidazole rings is 1. The topological polar surface area (TPSA) is 68.8 Å². The van der Waals surface area contributed by atoms with Crippen LogP contribution in [0.25, 0.3) is 11.0 Å². The van der Waals surface area contributed by atoms with Crippen LogP contribution in [0.3, 0.4) is 0 Å². The fraction of sp³-hybridized carbons (Fsp3) is 0.538. The number of rotatable bonds is 5. The zero-order valence-corrected chi connectivity index (χ0v) is 11.3. The van der Waals surface area contributed by atoms with E-state index in [-0.39, 0.29) is 5.54 Å². The SMILES string of the molecule is CCC(CC)(CN)Nc1nccc2c1ncn2C. The van der Waals surface area contributed by atoms with E-state index in [0.717, 1.165) is 29.7 Å². The number of aromatic nitrogens is 3. The van der Waals surface area contributed by atoms with Crippen molar-refractivity contribution in [1.82, 2.24) is 14.5 Å². The highest BCUT2D eigenvalue weighted by atomic mass is 15.1. The van der Waals surface area contributed by atoms with E-state index in [1.165, 1.54) is 0 Å². The van der Waals surface area contributed by atoms with Crippen LogP contribution in [-0.4, -0.2) is 26.6 Å². The second-order valence-corrected chi connectivity index (χ2v) is 4.70. The van der Waals surface area contributed by atoms with Gasteiger partial charge in [-0.3, -0.25) is 0 Å². The maximum atomic E-state index is 5.91. The summed E-state index contributed by atoms with van der Waals surface area (Å²) in [7, 11) is 1.98. The highest BCUT2D eigenvalue weighted by Crippen LogP contribution is 2.25. The predicted molar refractivity (Wildman–Crippen MR) is 74.5 cm³/mol. The van der Waals surface area contributed by atoms with Crippen molar-refractivity contribution in [2.45, 2.75) is 32.2 Å². The average molecular weight is 247 g/mol. The molecule has 2 rings (SSSR count). The lowest BCUT2D eigenvalue weighted by atomic mass is 9.93. The van der Waals surface area contributed by atoms with Crippen molar-refractivity contribution in [2.75, 3.05) is 11.9 Å². The monoisotopic (exact) mass is 247 g/mol. The molecule has 2 heterocycles. The highest BCUT2D eigenvalue weighted by Gasteiger charge is 2.25. The van der Waals surface area contributed by atoms with Gasteiger partial charge in [-0.25, -0.2) is 9.97 Å². The Balaban J connectivity index is 2.42. The van der Waals surface area contributed by atoms with Crippen LogP contribution < -0.4 is 11.1 Å². The van der Waals surface area contributed by atoms with Crippen molar-refractivity contribution < 1.29 is 0 Å². The lowest BCUT2D eigenvalue weighted by Gasteiger charge is -2.32. The second kappa shape index (κ2) is 4.94. The molecule has 98 valence electrons. The van der Waals surface area contributed by atoms with E-state index in [1.54, 1.807) is 12.5 Å². The summed E-state index contributed by atoms with van der Waals surface area (Å²) in [6.07, 6.45) is 5.54. The molecule has 5 nitrogen and oxygen atoms in total. The molecule has 0 radical (unpaired) electrons. The molecule has 2 aromatic rings. The van der Waals surface area contributed by atoms with Gasteiger partial charge in [0.05, 0.1) is 17.4 Å². The second-order valence-electron chi connectivity index (χ2n) is 4.70. The van der Waals surface area contributed by atoms with E-state index in [1.807, 2.05) is 17.7 Å². The van der Waals surface area contributed by atoms with E-state index in [2.05, 4.69) is 29.1 Å². The molecule has 3 N–H and O–H groups in total. The molecule has 5 heteroatoms. The van der Waals surface area contributed by atoms with Gasteiger partial charge < -0.3 is 15.6 Å². The van der Waals surface area contributed by atoms with Crippen LogP contribution in [-0.2, 0) is 7.05 Å². The van der Waals surface area contributed by atoms with Crippen molar-refractivity contribution in [2.24, 2.45) is 12.8 Å². The number of hydrogen-bond donors (Lipinski definition) is 2. The van der Waals surface area contributed by atoms with Gasteiger partial charge in [-0.15, -0.1) is 0 Å². The highest BCUT2D eigenvalue weighted by molar-refractivity contribution is 5.86. The fourth-order valence-electron chi connectivity index (χ4n) is 2.17. The zero-order valence-electron chi connectivity index (χ0n) is 11.3. The van der Waals surface area contributed by atoms with Crippen LogP contribution in [0.1, 0.15) is 26.7 Å². The molecule has 0 aliphatic carbocycles.